The number of aryl methyl sites for hydroxylation is 2. The van der Waals surface area contributed by atoms with Gasteiger partial charge in [0.2, 0.25) is 0 Å². The molecule has 6 nitrogen and oxygen atoms in total. The van der Waals surface area contributed by atoms with Gasteiger partial charge in [-0.15, -0.1) is 0 Å². The molecule has 1 fully saturated rings. The average molecular weight is 579 g/mol. The standard InChI is InChI=1S/C21H26BrINO5/c1-5-13-11-14(22)10-12(2)16(13)17-18(28-20(26)29-23-3)21(24-19(17)25)8-6-15(27-4)7-9-21/h10-11,15H,5-9H2,1-4H3,(H,24,25)/q-1. The van der Waals surface area contributed by atoms with Crippen molar-refractivity contribution in [2.75, 3.05) is 12.0 Å². The van der Waals surface area contributed by atoms with Crippen molar-refractivity contribution in [1.82, 2.24) is 5.32 Å². The van der Waals surface area contributed by atoms with E-state index in [-0.39, 0.29) is 12.0 Å². The molecule has 0 aromatic heterocycles. The first kappa shape index (κ1) is 22.6. The SMILES string of the molecule is CCc1cc(Br)cc(C)c1C1=C(OC(=O)O[I-]C)C2(CCC(OC)CC2)NC1=O. The summed E-state index contributed by atoms with van der Waals surface area (Å²) >= 11 is 2.81. The number of nitrogens with one attached hydrogen (secondary N) is 1. The summed E-state index contributed by atoms with van der Waals surface area (Å²) in [5, 5.41) is 3.15. The Labute approximate surface area is 190 Å². The molecule has 160 valence electrons. The molecule has 1 aliphatic heterocycles. The van der Waals surface area contributed by atoms with Gasteiger partial charge in [0.15, 0.2) is 0 Å². The number of benzene rings is 1. The first-order chi connectivity index (χ1) is 13.8. The summed E-state index contributed by atoms with van der Waals surface area (Å²) in [6.07, 6.45) is 3.05. The van der Waals surface area contributed by atoms with Gasteiger partial charge in [0.25, 0.3) is 0 Å². The van der Waals surface area contributed by atoms with E-state index in [4.69, 9.17) is 12.5 Å². The molecule has 1 aliphatic carbocycles. The van der Waals surface area contributed by atoms with Crippen LogP contribution in [0.1, 0.15) is 49.3 Å². The molecule has 2 aliphatic rings. The topological polar surface area (TPSA) is 73.9 Å². The van der Waals surface area contributed by atoms with Gasteiger partial charge in [-0.2, -0.15) is 0 Å². The predicted octanol–water partition coefficient (Wildman–Crippen LogP) is 1.28. The van der Waals surface area contributed by atoms with E-state index in [1.807, 2.05) is 30.9 Å². The number of hydrogen-bond donors (Lipinski definition) is 1. The molecule has 0 radical (unpaired) electrons. The quantitative estimate of drug-likeness (QED) is 0.324. The summed E-state index contributed by atoms with van der Waals surface area (Å²) in [6.45, 7) is 4.02. The Morgan fingerprint density at radius 3 is 2.62 bits per heavy atom. The number of alkyl halides is 1. The van der Waals surface area contributed by atoms with Crippen molar-refractivity contribution in [2.45, 2.75) is 57.6 Å². The van der Waals surface area contributed by atoms with Gasteiger partial charge < -0.3 is 0 Å². The Kier molecular flexibility index (Phi) is 7.27. The summed E-state index contributed by atoms with van der Waals surface area (Å²) in [6, 6.07) is 4.00. The number of rotatable bonds is 5. The van der Waals surface area contributed by atoms with Crippen molar-refractivity contribution in [1.29, 1.82) is 0 Å². The summed E-state index contributed by atoms with van der Waals surface area (Å²) in [5.41, 5.74) is 2.59. The van der Waals surface area contributed by atoms with Gasteiger partial charge in [0.05, 0.1) is 0 Å². The first-order valence-electron chi connectivity index (χ1n) is 9.62. The summed E-state index contributed by atoms with van der Waals surface area (Å²) in [5.74, 6) is 0.203. The molecule has 1 aromatic rings. The summed E-state index contributed by atoms with van der Waals surface area (Å²) in [7, 11) is 1.70. The minimum atomic E-state index is -0.731. The van der Waals surface area contributed by atoms with Crippen molar-refractivity contribution >= 4 is 33.6 Å². The molecule has 1 aromatic carbocycles. The molecular weight excluding hydrogens is 553 g/mol. The zero-order valence-electron chi connectivity index (χ0n) is 17.1. The average Bonchev–Trinajstić information content (AvgIpc) is 2.93. The van der Waals surface area contributed by atoms with Crippen LogP contribution in [0.4, 0.5) is 4.79 Å². The molecule has 29 heavy (non-hydrogen) atoms. The molecule has 0 saturated heterocycles. The Hall–Kier alpha value is -1.13. The van der Waals surface area contributed by atoms with Gasteiger partial charge >= 0.3 is 191 Å². The van der Waals surface area contributed by atoms with Crippen molar-refractivity contribution < 1.29 is 43.7 Å². The van der Waals surface area contributed by atoms with Gasteiger partial charge in [0.1, 0.15) is 0 Å². The molecule has 0 atom stereocenters. The van der Waals surface area contributed by atoms with Crippen LogP contribution in [0.5, 0.6) is 0 Å². The first-order valence-corrected chi connectivity index (χ1v) is 13.5. The van der Waals surface area contributed by atoms with Crippen LogP contribution in [-0.4, -0.2) is 35.7 Å². The number of methoxy groups -OCH3 is 1. The van der Waals surface area contributed by atoms with E-state index in [1.54, 1.807) is 7.11 Å². The van der Waals surface area contributed by atoms with Gasteiger partial charge in [0, 0.05) is 0 Å². The normalized spacial score (nSPS) is 24.2. The van der Waals surface area contributed by atoms with Crippen LogP contribution in [0.25, 0.3) is 5.57 Å². The van der Waals surface area contributed by atoms with Crippen molar-refractivity contribution in [2.24, 2.45) is 0 Å². The van der Waals surface area contributed by atoms with E-state index in [0.717, 1.165) is 40.4 Å². The fourth-order valence-electron chi connectivity index (χ4n) is 4.34. The monoisotopic (exact) mass is 578 g/mol. The molecule has 0 bridgehead atoms. The van der Waals surface area contributed by atoms with Crippen LogP contribution in [0, 0.1) is 6.92 Å². The fourth-order valence-corrected chi connectivity index (χ4v) is 5.41. The van der Waals surface area contributed by atoms with Gasteiger partial charge in [-0.05, 0) is 0 Å². The zero-order chi connectivity index (χ0) is 21.2. The molecule has 3 rings (SSSR count). The summed E-state index contributed by atoms with van der Waals surface area (Å²) < 4.78 is 17.3. The number of hydrogen-bond acceptors (Lipinski definition) is 5. The molecule has 1 spiro atoms. The number of carbonyl (C=O) groups is 2. The van der Waals surface area contributed by atoms with Gasteiger partial charge in [-0.3, -0.25) is 0 Å². The third kappa shape index (κ3) is 4.49. The molecule has 8 heteroatoms. The van der Waals surface area contributed by atoms with Crippen LogP contribution in [0.15, 0.2) is 22.4 Å². The zero-order valence-corrected chi connectivity index (χ0v) is 20.8. The molecular formula is C21H26BrINO5-. The van der Waals surface area contributed by atoms with Crippen molar-refractivity contribution in [3.05, 3.63) is 39.1 Å². The third-order valence-electron chi connectivity index (χ3n) is 5.70. The number of carbonyl (C=O) groups excluding carboxylic acids is 2. The maximum absolute atomic E-state index is 13.2. The second kappa shape index (κ2) is 9.34. The third-order valence-corrected chi connectivity index (χ3v) is 6.96. The van der Waals surface area contributed by atoms with Crippen LogP contribution in [-0.2, 0) is 23.8 Å². The number of halogens is 2. The molecule has 1 amide bonds. The fraction of sp³-hybridized carbons (Fsp3) is 0.524. The second-order valence-corrected chi connectivity index (χ2v) is 9.61. The maximum atomic E-state index is 13.2. The van der Waals surface area contributed by atoms with E-state index < -0.39 is 33.3 Å². The molecule has 1 saturated carbocycles. The van der Waals surface area contributed by atoms with E-state index >= 15 is 0 Å². The van der Waals surface area contributed by atoms with Gasteiger partial charge in [-0.1, -0.05) is 0 Å². The Bertz CT molecular complexity index is 846. The Morgan fingerprint density at radius 2 is 2.03 bits per heavy atom. The second-order valence-electron chi connectivity index (χ2n) is 7.37. The van der Waals surface area contributed by atoms with Crippen LogP contribution >= 0.6 is 15.9 Å². The van der Waals surface area contributed by atoms with Crippen LogP contribution < -0.4 is 26.9 Å². The summed E-state index contributed by atoms with van der Waals surface area (Å²) in [4.78, 5) is 27.4. The molecule has 1 heterocycles. The molecule has 1 N–H and O–H groups in total. The molecule has 0 unspecified atom stereocenters. The number of amides is 1. The van der Waals surface area contributed by atoms with Gasteiger partial charge in [-0.25, -0.2) is 0 Å². The number of ether oxygens (including phenoxy) is 2. The Balaban J connectivity index is 2.15. The van der Waals surface area contributed by atoms with E-state index in [0.29, 0.717) is 24.2 Å². The van der Waals surface area contributed by atoms with Crippen LogP contribution in [0.2, 0.25) is 0 Å². The van der Waals surface area contributed by atoms with E-state index in [2.05, 4.69) is 21.2 Å². The predicted molar refractivity (Wildman–Crippen MR) is 109 cm³/mol. The Morgan fingerprint density at radius 1 is 1.34 bits per heavy atom. The van der Waals surface area contributed by atoms with E-state index in [1.165, 1.54) is 0 Å². The minimum absolute atomic E-state index is 0.150. The van der Waals surface area contributed by atoms with Crippen molar-refractivity contribution in [3.8, 4) is 0 Å². The van der Waals surface area contributed by atoms with E-state index in [9.17, 15) is 9.59 Å². The van der Waals surface area contributed by atoms with Crippen molar-refractivity contribution in [3.63, 3.8) is 0 Å². The van der Waals surface area contributed by atoms with Crippen LogP contribution in [0.3, 0.4) is 0 Å².